The van der Waals surface area contributed by atoms with E-state index < -0.39 is 11.9 Å². The molecule has 1 heterocycles. The van der Waals surface area contributed by atoms with Gasteiger partial charge in [-0.05, 0) is 17.3 Å². The fourth-order valence-electron chi connectivity index (χ4n) is 3.06. The fraction of sp³-hybridized carbons (Fsp3) is 0.846. The number of aliphatic carboxylic acids is 1. The minimum atomic E-state index is -0.841. The summed E-state index contributed by atoms with van der Waals surface area (Å²) in [4.78, 5) is 25.2. The number of likely N-dealkylation sites (tertiary alicyclic amines) is 1. The number of carboxylic acid groups (broad SMARTS) is 1. The molecule has 1 saturated carbocycles. The van der Waals surface area contributed by atoms with E-state index >= 15 is 0 Å². The quantitative estimate of drug-likeness (QED) is 0.796. The molecule has 2 atom stereocenters. The normalized spacial score (nSPS) is 33.5. The van der Waals surface area contributed by atoms with Crippen molar-refractivity contribution in [1.82, 2.24) is 4.90 Å². The zero-order valence-corrected chi connectivity index (χ0v) is 11.0. The van der Waals surface area contributed by atoms with Crippen LogP contribution in [0.15, 0.2) is 0 Å². The summed E-state index contributed by atoms with van der Waals surface area (Å²) in [7, 11) is 0. The average molecular weight is 239 g/mol. The summed E-state index contributed by atoms with van der Waals surface area (Å²) in [6.45, 7) is 9.56. The standard InChI is InChI=1S/C13H21NO3/c1-12(2)5-6-14(7-12)10(15)8-9(11(16)17)13(8,3)4/h8-9H,5-7H2,1-4H3,(H,16,17). The van der Waals surface area contributed by atoms with Gasteiger partial charge in [-0.1, -0.05) is 27.7 Å². The Kier molecular flexibility index (Phi) is 2.53. The second-order valence-corrected chi connectivity index (χ2v) is 6.79. The summed E-state index contributed by atoms with van der Waals surface area (Å²) in [5, 5.41) is 9.08. The van der Waals surface area contributed by atoms with Gasteiger partial charge >= 0.3 is 5.97 Å². The van der Waals surface area contributed by atoms with Gasteiger partial charge in [0.15, 0.2) is 0 Å². The molecular weight excluding hydrogens is 218 g/mol. The number of carbonyl (C=O) groups is 2. The predicted octanol–water partition coefficient (Wildman–Crippen LogP) is 1.60. The molecule has 2 fully saturated rings. The van der Waals surface area contributed by atoms with Crippen molar-refractivity contribution in [3.63, 3.8) is 0 Å². The van der Waals surface area contributed by atoms with Crippen molar-refractivity contribution in [1.29, 1.82) is 0 Å². The van der Waals surface area contributed by atoms with Crippen molar-refractivity contribution in [3.8, 4) is 0 Å². The highest BCUT2D eigenvalue weighted by Gasteiger charge is 2.66. The fourth-order valence-corrected chi connectivity index (χ4v) is 3.06. The zero-order chi connectivity index (χ0) is 13.0. The first-order chi connectivity index (χ1) is 7.67. The van der Waals surface area contributed by atoms with Crippen LogP contribution < -0.4 is 0 Å². The summed E-state index contributed by atoms with van der Waals surface area (Å²) < 4.78 is 0. The van der Waals surface area contributed by atoms with E-state index in [0.29, 0.717) is 0 Å². The van der Waals surface area contributed by atoms with Crippen molar-refractivity contribution >= 4 is 11.9 Å². The molecule has 2 aliphatic rings. The van der Waals surface area contributed by atoms with E-state index in [-0.39, 0.29) is 22.7 Å². The Hall–Kier alpha value is -1.06. The van der Waals surface area contributed by atoms with Gasteiger partial charge < -0.3 is 10.0 Å². The highest BCUT2D eigenvalue weighted by molar-refractivity contribution is 5.91. The van der Waals surface area contributed by atoms with Crippen LogP contribution in [0.4, 0.5) is 0 Å². The van der Waals surface area contributed by atoms with Gasteiger partial charge in [0.05, 0.1) is 11.8 Å². The Bertz CT molecular complexity index is 373. The van der Waals surface area contributed by atoms with E-state index in [9.17, 15) is 9.59 Å². The Labute approximate surface area is 102 Å². The van der Waals surface area contributed by atoms with Crippen molar-refractivity contribution in [2.24, 2.45) is 22.7 Å². The topological polar surface area (TPSA) is 57.6 Å². The predicted molar refractivity (Wildman–Crippen MR) is 63.4 cm³/mol. The SMILES string of the molecule is CC1(C)CCN(C(=O)C2C(C(=O)O)C2(C)C)C1. The third-order valence-electron chi connectivity index (χ3n) is 4.35. The molecule has 2 unspecified atom stereocenters. The van der Waals surface area contributed by atoms with Crippen LogP contribution in [0.3, 0.4) is 0 Å². The number of hydrogen-bond donors (Lipinski definition) is 1. The second-order valence-electron chi connectivity index (χ2n) is 6.79. The van der Waals surface area contributed by atoms with Crippen LogP contribution in [0.25, 0.3) is 0 Å². The first-order valence-electron chi connectivity index (χ1n) is 6.18. The van der Waals surface area contributed by atoms with E-state index in [0.717, 1.165) is 19.5 Å². The van der Waals surface area contributed by atoms with Crippen LogP contribution in [0.5, 0.6) is 0 Å². The Balaban J connectivity index is 2.06. The minimum absolute atomic E-state index is 0.0352. The first-order valence-corrected chi connectivity index (χ1v) is 6.18. The summed E-state index contributed by atoms with van der Waals surface area (Å²) in [6, 6.07) is 0. The summed E-state index contributed by atoms with van der Waals surface area (Å²) in [5.41, 5.74) is -0.205. The third kappa shape index (κ3) is 1.94. The molecule has 2 rings (SSSR count). The zero-order valence-electron chi connectivity index (χ0n) is 11.0. The highest BCUT2D eigenvalue weighted by Crippen LogP contribution is 2.59. The highest BCUT2D eigenvalue weighted by atomic mass is 16.4. The lowest BCUT2D eigenvalue weighted by molar-refractivity contribution is -0.141. The van der Waals surface area contributed by atoms with Gasteiger partial charge in [0.1, 0.15) is 0 Å². The largest absolute Gasteiger partial charge is 0.481 e. The van der Waals surface area contributed by atoms with Crippen LogP contribution >= 0.6 is 0 Å². The van der Waals surface area contributed by atoms with E-state index in [1.807, 2.05) is 18.7 Å². The van der Waals surface area contributed by atoms with Crippen LogP contribution in [0.1, 0.15) is 34.1 Å². The number of nitrogens with zero attached hydrogens (tertiary/aromatic N) is 1. The number of carbonyl (C=O) groups excluding carboxylic acids is 1. The monoisotopic (exact) mass is 239 g/mol. The molecule has 1 aliphatic carbocycles. The molecule has 0 aromatic carbocycles. The molecule has 0 aromatic heterocycles. The minimum Gasteiger partial charge on any atom is -0.481 e. The number of rotatable bonds is 2. The molecule has 96 valence electrons. The average Bonchev–Trinajstić information content (AvgIpc) is 2.55. The Morgan fingerprint density at radius 1 is 1.18 bits per heavy atom. The van der Waals surface area contributed by atoms with E-state index in [2.05, 4.69) is 13.8 Å². The molecule has 1 N–H and O–H groups in total. The van der Waals surface area contributed by atoms with Crippen molar-refractivity contribution in [2.45, 2.75) is 34.1 Å². The lowest BCUT2D eigenvalue weighted by atomic mass is 9.93. The molecular formula is C13H21NO3. The molecule has 1 saturated heterocycles. The molecule has 4 heteroatoms. The third-order valence-corrected chi connectivity index (χ3v) is 4.35. The second kappa shape index (κ2) is 3.47. The summed E-state index contributed by atoms with van der Waals surface area (Å²) in [6.07, 6.45) is 1.00. The van der Waals surface area contributed by atoms with Gasteiger partial charge in [0.2, 0.25) is 5.91 Å². The maximum atomic E-state index is 12.3. The first kappa shape index (κ1) is 12.4. The Morgan fingerprint density at radius 3 is 2.12 bits per heavy atom. The lowest BCUT2D eigenvalue weighted by Gasteiger charge is -2.20. The van der Waals surface area contributed by atoms with Crippen molar-refractivity contribution < 1.29 is 14.7 Å². The van der Waals surface area contributed by atoms with Crippen LogP contribution in [-0.2, 0) is 9.59 Å². The Morgan fingerprint density at radius 2 is 1.76 bits per heavy atom. The van der Waals surface area contributed by atoms with Crippen LogP contribution in [0, 0.1) is 22.7 Å². The van der Waals surface area contributed by atoms with Gasteiger partial charge in [-0.3, -0.25) is 9.59 Å². The molecule has 17 heavy (non-hydrogen) atoms. The number of amides is 1. The molecule has 0 aromatic rings. The maximum Gasteiger partial charge on any atom is 0.307 e. The molecule has 1 aliphatic heterocycles. The molecule has 4 nitrogen and oxygen atoms in total. The van der Waals surface area contributed by atoms with E-state index in [1.54, 1.807) is 0 Å². The van der Waals surface area contributed by atoms with Crippen molar-refractivity contribution in [3.05, 3.63) is 0 Å². The van der Waals surface area contributed by atoms with Gasteiger partial charge in [0.25, 0.3) is 0 Å². The molecule has 0 radical (unpaired) electrons. The summed E-state index contributed by atoms with van der Waals surface area (Å²) >= 11 is 0. The van der Waals surface area contributed by atoms with Gasteiger partial charge in [-0.2, -0.15) is 0 Å². The number of hydrogen-bond acceptors (Lipinski definition) is 2. The molecule has 0 bridgehead atoms. The van der Waals surface area contributed by atoms with E-state index in [1.165, 1.54) is 0 Å². The maximum absolute atomic E-state index is 12.3. The smallest absolute Gasteiger partial charge is 0.307 e. The molecule has 0 spiro atoms. The van der Waals surface area contributed by atoms with Gasteiger partial charge in [0, 0.05) is 13.1 Å². The van der Waals surface area contributed by atoms with Gasteiger partial charge in [-0.15, -0.1) is 0 Å². The van der Waals surface area contributed by atoms with Gasteiger partial charge in [-0.25, -0.2) is 0 Å². The van der Waals surface area contributed by atoms with Crippen molar-refractivity contribution in [2.75, 3.05) is 13.1 Å². The lowest BCUT2D eigenvalue weighted by Crippen LogP contribution is -2.33. The summed E-state index contributed by atoms with van der Waals surface area (Å²) in [5.74, 6) is -1.63. The van der Waals surface area contributed by atoms with E-state index in [4.69, 9.17) is 5.11 Å². The van der Waals surface area contributed by atoms with Crippen LogP contribution in [0.2, 0.25) is 0 Å². The van der Waals surface area contributed by atoms with Crippen LogP contribution in [-0.4, -0.2) is 35.0 Å². The molecule has 1 amide bonds. The number of carboxylic acids is 1.